The minimum atomic E-state index is -0.0798. The standard InChI is InChI=1S/C20H24Cl2N2O/c1-19(2)11-4-5-20(3,17(19)6-11)10-23-18(25)16-9-13-14(22)7-12(21)8-15(13)24-16/h7-9,11,17,24H,4-6,10H2,1-3H3,(H,23,25)/t11-,17+,20+/m0/s1. The van der Waals surface area contributed by atoms with Crippen LogP contribution in [-0.2, 0) is 0 Å². The Bertz CT molecular complexity index is 855. The number of amides is 1. The van der Waals surface area contributed by atoms with Crippen molar-refractivity contribution < 1.29 is 4.79 Å². The van der Waals surface area contributed by atoms with Gasteiger partial charge in [0.15, 0.2) is 0 Å². The Morgan fingerprint density at radius 1 is 1.28 bits per heavy atom. The molecule has 0 spiro atoms. The van der Waals surface area contributed by atoms with Gasteiger partial charge in [-0.3, -0.25) is 4.79 Å². The second-order valence-electron chi connectivity index (χ2n) is 8.71. The number of fused-ring (bicyclic) bond motifs is 3. The van der Waals surface area contributed by atoms with Crippen molar-refractivity contribution in [3.63, 3.8) is 0 Å². The van der Waals surface area contributed by atoms with Crippen molar-refractivity contribution in [1.82, 2.24) is 10.3 Å². The number of carbonyl (C=O) groups is 1. The monoisotopic (exact) mass is 378 g/mol. The molecule has 134 valence electrons. The number of carbonyl (C=O) groups excluding carboxylic acids is 1. The normalized spacial score (nSPS) is 30.1. The lowest BCUT2D eigenvalue weighted by Crippen LogP contribution is -2.59. The maximum Gasteiger partial charge on any atom is 0.267 e. The van der Waals surface area contributed by atoms with Gasteiger partial charge in [-0.25, -0.2) is 0 Å². The van der Waals surface area contributed by atoms with E-state index in [1.165, 1.54) is 19.3 Å². The number of hydrogen-bond acceptors (Lipinski definition) is 1. The summed E-state index contributed by atoms with van der Waals surface area (Å²) in [5, 5.41) is 5.09. The largest absolute Gasteiger partial charge is 0.350 e. The SMILES string of the molecule is CC1(C)[C@H]2CC[C@](C)(CNC(=O)c3cc4c(Cl)cc(Cl)cc4[nH]3)[C@@H]1C2. The van der Waals surface area contributed by atoms with E-state index in [9.17, 15) is 4.79 Å². The summed E-state index contributed by atoms with van der Waals surface area (Å²) in [6, 6.07) is 5.29. The summed E-state index contributed by atoms with van der Waals surface area (Å²) in [4.78, 5) is 15.8. The smallest absolute Gasteiger partial charge is 0.267 e. The summed E-state index contributed by atoms with van der Waals surface area (Å²) < 4.78 is 0. The summed E-state index contributed by atoms with van der Waals surface area (Å²) in [5.41, 5.74) is 1.91. The van der Waals surface area contributed by atoms with Crippen LogP contribution in [0.15, 0.2) is 18.2 Å². The lowest BCUT2D eigenvalue weighted by Gasteiger charge is -2.64. The molecule has 0 aliphatic heterocycles. The van der Waals surface area contributed by atoms with Crippen LogP contribution in [0.25, 0.3) is 10.9 Å². The molecule has 2 bridgehead atoms. The number of benzene rings is 1. The first-order valence-electron chi connectivity index (χ1n) is 8.97. The number of H-pyrrole nitrogens is 1. The van der Waals surface area contributed by atoms with E-state index in [1.807, 2.05) is 0 Å². The summed E-state index contributed by atoms with van der Waals surface area (Å²) in [5.74, 6) is 1.47. The lowest BCUT2D eigenvalue weighted by atomic mass is 9.41. The van der Waals surface area contributed by atoms with Crippen molar-refractivity contribution in [2.75, 3.05) is 6.54 Å². The van der Waals surface area contributed by atoms with Crippen LogP contribution < -0.4 is 5.32 Å². The van der Waals surface area contributed by atoms with Gasteiger partial charge in [0.05, 0.1) is 5.02 Å². The van der Waals surface area contributed by atoms with Crippen molar-refractivity contribution in [3.8, 4) is 0 Å². The van der Waals surface area contributed by atoms with Gasteiger partial charge in [0.25, 0.3) is 5.91 Å². The van der Waals surface area contributed by atoms with E-state index in [-0.39, 0.29) is 11.3 Å². The first-order chi connectivity index (χ1) is 11.7. The molecule has 1 aromatic carbocycles. The molecule has 3 saturated carbocycles. The van der Waals surface area contributed by atoms with E-state index in [1.54, 1.807) is 18.2 Å². The zero-order chi connectivity index (χ0) is 18.0. The third-order valence-corrected chi connectivity index (χ3v) is 7.46. The highest BCUT2D eigenvalue weighted by molar-refractivity contribution is 6.38. The Morgan fingerprint density at radius 2 is 2.04 bits per heavy atom. The van der Waals surface area contributed by atoms with Crippen LogP contribution in [0.3, 0.4) is 0 Å². The minimum Gasteiger partial charge on any atom is -0.350 e. The first-order valence-corrected chi connectivity index (χ1v) is 9.72. The van der Waals surface area contributed by atoms with Crippen LogP contribution in [0.2, 0.25) is 10.0 Å². The van der Waals surface area contributed by atoms with Gasteiger partial charge in [-0.05, 0) is 60.1 Å². The van der Waals surface area contributed by atoms with E-state index in [0.717, 1.165) is 23.4 Å². The van der Waals surface area contributed by atoms with Gasteiger partial charge in [-0.1, -0.05) is 44.0 Å². The van der Waals surface area contributed by atoms with Crippen LogP contribution >= 0.6 is 23.2 Å². The zero-order valence-corrected chi connectivity index (χ0v) is 16.4. The van der Waals surface area contributed by atoms with Crippen LogP contribution in [-0.4, -0.2) is 17.4 Å². The van der Waals surface area contributed by atoms with Gasteiger partial charge < -0.3 is 10.3 Å². The number of aromatic nitrogens is 1. The van der Waals surface area contributed by atoms with Gasteiger partial charge >= 0.3 is 0 Å². The quantitative estimate of drug-likeness (QED) is 0.709. The van der Waals surface area contributed by atoms with Crippen molar-refractivity contribution in [2.45, 2.75) is 40.0 Å². The van der Waals surface area contributed by atoms with E-state index < -0.39 is 0 Å². The molecule has 3 nitrogen and oxygen atoms in total. The fourth-order valence-electron chi connectivity index (χ4n) is 5.24. The molecule has 2 N–H and O–H groups in total. The summed E-state index contributed by atoms with van der Waals surface area (Å²) >= 11 is 12.3. The summed E-state index contributed by atoms with van der Waals surface area (Å²) in [6.07, 6.45) is 3.77. The molecule has 0 saturated heterocycles. The molecule has 1 aromatic heterocycles. The molecule has 3 aliphatic rings. The summed E-state index contributed by atoms with van der Waals surface area (Å²) in [7, 11) is 0. The third-order valence-electron chi connectivity index (χ3n) is 6.93. The number of halogens is 2. The second-order valence-corrected chi connectivity index (χ2v) is 9.56. The number of rotatable bonds is 3. The second kappa shape index (κ2) is 5.65. The Balaban J connectivity index is 1.50. The van der Waals surface area contributed by atoms with Crippen molar-refractivity contribution in [1.29, 1.82) is 0 Å². The number of aromatic amines is 1. The zero-order valence-electron chi connectivity index (χ0n) is 14.9. The average molecular weight is 379 g/mol. The van der Waals surface area contributed by atoms with Crippen LogP contribution in [0.1, 0.15) is 50.5 Å². The molecule has 3 atom stereocenters. The van der Waals surface area contributed by atoms with E-state index >= 15 is 0 Å². The van der Waals surface area contributed by atoms with Gasteiger partial charge in [0.2, 0.25) is 0 Å². The highest BCUT2D eigenvalue weighted by Crippen LogP contribution is 2.65. The molecule has 5 heteroatoms. The predicted molar refractivity (Wildman–Crippen MR) is 103 cm³/mol. The number of hydrogen-bond donors (Lipinski definition) is 2. The number of nitrogens with one attached hydrogen (secondary N) is 2. The van der Waals surface area contributed by atoms with Gasteiger partial charge in [0.1, 0.15) is 5.69 Å². The molecular weight excluding hydrogens is 355 g/mol. The molecule has 5 rings (SSSR count). The Kier molecular flexibility index (Phi) is 3.90. The summed E-state index contributed by atoms with van der Waals surface area (Å²) in [6.45, 7) is 7.82. The van der Waals surface area contributed by atoms with Crippen molar-refractivity contribution in [2.24, 2.45) is 22.7 Å². The molecule has 25 heavy (non-hydrogen) atoms. The molecule has 0 unspecified atom stereocenters. The van der Waals surface area contributed by atoms with E-state index in [0.29, 0.717) is 27.1 Å². The average Bonchev–Trinajstić information content (AvgIpc) is 2.96. The van der Waals surface area contributed by atoms with Gasteiger partial charge in [-0.15, -0.1) is 0 Å². The van der Waals surface area contributed by atoms with Gasteiger partial charge in [0, 0.05) is 22.5 Å². The fraction of sp³-hybridized carbons (Fsp3) is 0.550. The Morgan fingerprint density at radius 3 is 2.72 bits per heavy atom. The van der Waals surface area contributed by atoms with E-state index in [2.05, 4.69) is 31.1 Å². The van der Waals surface area contributed by atoms with Crippen LogP contribution in [0.5, 0.6) is 0 Å². The van der Waals surface area contributed by atoms with Crippen molar-refractivity contribution in [3.05, 3.63) is 33.9 Å². The maximum atomic E-state index is 12.7. The van der Waals surface area contributed by atoms with Gasteiger partial charge in [-0.2, -0.15) is 0 Å². The van der Waals surface area contributed by atoms with E-state index in [4.69, 9.17) is 23.2 Å². The minimum absolute atomic E-state index is 0.0798. The van der Waals surface area contributed by atoms with Crippen LogP contribution in [0.4, 0.5) is 0 Å². The maximum absolute atomic E-state index is 12.7. The van der Waals surface area contributed by atoms with Crippen LogP contribution in [0, 0.1) is 22.7 Å². The van der Waals surface area contributed by atoms with Crippen molar-refractivity contribution >= 4 is 40.0 Å². The first kappa shape index (κ1) is 17.2. The Labute approximate surface area is 158 Å². The third kappa shape index (κ3) is 2.67. The molecular formula is C20H24Cl2N2O. The molecule has 3 aliphatic carbocycles. The lowest BCUT2D eigenvalue weighted by molar-refractivity contribution is -0.147. The highest BCUT2D eigenvalue weighted by atomic mass is 35.5. The highest BCUT2D eigenvalue weighted by Gasteiger charge is 2.58. The molecule has 0 radical (unpaired) electrons. The molecule has 3 fully saturated rings. The fourth-order valence-corrected chi connectivity index (χ4v) is 5.79. The molecule has 1 amide bonds. The topological polar surface area (TPSA) is 44.9 Å². The predicted octanol–water partition coefficient (Wildman–Crippen LogP) is 5.67. The molecule has 1 heterocycles. The Hall–Kier alpha value is -1.19. The molecule has 2 aromatic rings.